The van der Waals surface area contributed by atoms with Gasteiger partial charge in [0.15, 0.2) is 0 Å². The summed E-state index contributed by atoms with van der Waals surface area (Å²) < 4.78 is 41.4. The highest BCUT2D eigenvalue weighted by Crippen LogP contribution is 2.57. The predicted molar refractivity (Wildman–Crippen MR) is 275 cm³/mol. The maximum atomic E-state index is 13.4. The Balaban J connectivity index is 1.00. The van der Waals surface area contributed by atoms with Crippen molar-refractivity contribution in [3.05, 3.63) is 101 Å². The third-order valence-electron chi connectivity index (χ3n) is 17.3. The number of phenolic OH excluding ortho intramolecular Hbond substituents is 3. The number of aliphatic hydroxyl groups excluding tert-OH is 2. The molecule has 0 unspecified atom stereocenters. The molecule has 5 aromatic rings. The van der Waals surface area contributed by atoms with E-state index in [1.165, 1.54) is 0 Å². The molecule has 4 fully saturated rings. The molecule has 73 heavy (non-hydrogen) atoms. The number of aromatic hydroxyl groups is 3. The van der Waals surface area contributed by atoms with Crippen LogP contribution in [0.2, 0.25) is 0 Å². The second-order valence-electron chi connectivity index (χ2n) is 21.9. The first-order chi connectivity index (χ1) is 35.6. The van der Waals surface area contributed by atoms with E-state index in [9.17, 15) is 25.5 Å². The number of benzene rings is 5. The van der Waals surface area contributed by atoms with Gasteiger partial charge in [-0.25, -0.2) is 0 Å². The first kappa shape index (κ1) is 48.2. The van der Waals surface area contributed by atoms with Crippen LogP contribution in [0.3, 0.4) is 0 Å². The Labute approximate surface area is 427 Å². The average Bonchev–Trinajstić information content (AvgIpc) is 4.07. The van der Waals surface area contributed by atoms with Gasteiger partial charge in [0.25, 0.3) is 0 Å². The standard InChI is InChI=1S/C60H68N2O11/c1-68-23-8-14-51-54(50-34-70-56-37(28-44(31-48(56)55(50)67)71-43-12-2-3-13-43)25-36-27-40(64)15-17-45(36)35-9-6-11-39(63)26-35)58-49-32-52(47-29-41(65)16-18-46(47)57(49)72-51)69-24-7-10-38-33-61-59(20-4-5-21-59)62-60(38)22-19-42(66)30-53(60)73-58/h6,9,11,15-18,26-29,31-32,38,42-43,50-51,53-55,58,61-67H,2-5,8,12-14,19-25,30,33-34H2,1H3/t38-,42-,50+,51-,53+,54+,55+,58-,60+/m0/s1. The molecule has 9 atom stereocenters. The van der Waals surface area contributed by atoms with E-state index in [0.717, 1.165) is 84.6 Å². The van der Waals surface area contributed by atoms with Gasteiger partial charge in [0.05, 0.1) is 54.2 Å². The predicted octanol–water partition coefficient (Wildman–Crippen LogP) is 9.27. The van der Waals surface area contributed by atoms with Gasteiger partial charge in [-0.2, -0.15) is 0 Å². The van der Waals surface area contributed by atoms with E-state index in [2.05, 4.69) is 22.5 Å². The van der Waals surface area contributed by atoms with Crippen molar-refractivity contribution in [3.63, 3.8) is 0 Å². The largest absolute Gasteiger partial charge is 0.508 e. The van der Waals surface area contributed by atoms with Gasteiger partial charge in [-0.05, 0) is 142 Å². The summed E-state index contributed by atoms with van der Waals surface area (Å²) in [5.41, 5.74) is 3.77. The van der Waals surface area contributed by atoms with Crippen molar-refractivity contribution < 1.29 is 54.0 Å². The van der Waals surface area contributed by atoms with Crippen molar-refractivity contribution in [3.8, 4) is 63.2 Å². The molecule has 13 nitrogen and oxygen atoms in total. The van der Waals surface area contributed by atoms with Crippen molar-refractivity contribution in [1.29, 1.82) is 0 Å². The quantitative estimate of drug-likeness (QED) is 0.0521. The van der Waals surface area contributed by atoms with Crippen LogP contribution in [0, 0.1) is 29.6 Å². The van der Waals surface area contributed by atoms with Gasteiger partial charge in [0.2, 0.25) is 0 Å². The van der Waals surface area contributed by atoms with E-state index in [-0.39, 0.29) is 48.1 Å². The van der Waals surface area contributed by atoms with Crippen molar-refractivity contribution >= 4 is 10.8 Å². The Morgan fingerprint density at radius 2 is 1.62 bits per heavy atom. The number of hydrogen-bond donors (Lipinski definition) is 7. The molecule has 4 heterocycles. The highest BCUT2D eigenvalue weighted by atomic mass is 16.5. The van der Waals surface area contributed by atoms with Crippen molar-refractivity contribution in [2.75, 3.05) is 33.5 Å². The van der Waals surface area contributed by atoms with Gasteiger partial charge >= 0.3 is 0 Å². The molecular weight excluding hydrogens is 925 g/mol. The lowest BCUT2D eigenvalue weighted by Gasteiger charge is -2.58. The lowest BCUT2D eigenvalue weighted by molar-refractivity contribution is -0.181. The minimum Gasteiger partial charge on any atom is -0.508 e. The number of fused-ring (bicyclic) bond motifs is 5. The number of phenols is 3. The molecule has 0 aromatic heterocycles. The summed E-state index contributed by atoms with van der Waals surface area (Å²) in [4.78, 5) is 0. The minimum atomic E-state index is -1.06. The molecule has 1 saturated heterocycles. The maximum Gasteiger partial charge on any atom is 0.149 e. The van der Waals surface area contributed by atoms with Crippen LogP contribution in [0.1, 0.15) is 118 Å². The molecule has 0 amide bonds. The molecule has 0 radical (unpaired) electrons. The van der Waals surface area contributed by atoms with Crippen molar-refractivity contribution in [2.24, 2.45) is 17.8 Å². The number of rotatable bonds is 10. The SMILES string of the molecule is COCCC[C@@H]1Oc2c3cc(c4cc(O)ccc24)OCC#C[C@H]2CNC4(CCCC4)N[C@]24CC[C@H](O)C[C@H]4O[C@@H]3[C@@H]1[C@H]1COc2c(Cc3cc(O)ccc3-c3cccc(O)c3)cc(OC3CCCC3)cc2[C@H]1O. The zero-order valence-corrected chi connectivity index (χ0v) is 41.6. The van der Waals surface area contributed by atoms with Gasteiger partial charge < -0.3 is 54.0 Å². The van der Waals surface area contributed by atoms with Crippen LogP contribution >= 0.6 is 0 Å². The Morgan fingerprint density at radius 3 is 2.45 bits per heavy atom. The number of methoxy groups -OCH3 is 1. The third-order valence-corrected chi connectivity index (χ3v) is 17.3. The summed E-state index contributed by atoms with van der Waals surface area (Å²) in [7, 11) is 1.70. The zero-order valence-electron chi connectivity index (χ0n) is 41.6. The molecule has 3 saturated carbocycles. The highest BCUT2D eigenvalue weighted by molar-refractivity contribution is 5.96. The van der Waals surface area contributed by atoms with Crippen LogP contribution in [0.15, 0.2) is 78.9 Å². The van der Waals surface area contributed by atoms with Crippen molar-refractivity contribution in [1.82, 2.24) is 10.6 Å². The molecule has 7 N–H and O–H groups in total. The third kappa shape index (κ3) is 9.12. The molecule has 5 aromatic carbocycles. The van der Waals surface area contributed by atoms with Crippen LogP contribution in [-0.4, -0.2) is 94.6 Å². The zero-order chi connectivity index (χ0) is 49.8. The van der Waals surface area contributed by atoms with E-state index in [1.807, 2.05) is 36.4 Å². The van der Waals surface area contributed by atoms with E-state index < -0.39 is 47.9 Å². The Kier molecular flexibility index (Phi) is 13.1. The molecule has 2 spiro atoms. The summed E-state index contributed by atoms with van der Waals surface area (Å²) in [6, 6.07) is 23.6. The van der Waals surface area contributed by atoms with Gasteiger partial charge in [0.1, 0.15) is 53.0 Å². The molecular formula is C60H68N2O11. The molecule has 4 aliphatic heterocycles. The van der Waals surface area contributed by atoms with Gasteiger partial charge in [-0.15, -0.1) is 0 Å². The van der Waals surface area contributed by atoms with E-state index in [4.69, 9.17) is 28.4 Å². The number of aliphatic hydroxyl groups is 2. The van der Waals surface area contributed by atoms with Gasteiger partial charge in [-0.3, -0.25) is 10.6 Å². The molecule has 12 rings (SSSR count). The Hall–Kier alpha value is -5.72. The fraction of sp³-hybridized carbons (Fsp3) is 0.500. The normalized spacial score (nSPS) is 29.2. The minimum absolute atomic E-state index is 0.0387. The number of hydrogen-bond acceptors (Lipinski definition) is 13. The Bertz CT molecular complexity index is 2920. The summed E-state index contributed by atoms with van der Waals surface area (Å²) in [6.07, 6.45) is 8.26. The van der Waals surface area contributed by atoms with Gasteiger partial charge in [0, 0.05) is 72.4 Å². The summed E-state index contributed by atoms with van der Waals surface area (Å²) in [6.45, 7) is 1.43. The second-order valence-corrected chi connectivity index (χ2v) is 21.9. The lowest BCUT2D eigenvalue weighted by atomic mass is 9.66. The average molecular weight is 993 g/mol. The van der Waals surface area contributed by atoms with Crippen LogP contribution in [0.5, 0.6) is 40.2 Å². The highest BCUT2D eigenvalue weighted by Gasteiger charge is 2.58. The monoisotopic (exact) mass is 992 g/mol. The van der Waals surface area contributed by atoms with E-state index in [0.29, 0.717) is 85.6 Å². The first-order valence-electron chi connectivity index (χ1n) is 26.8. The van der Waals surface area contributed by atoms with E-state index >= 15 is 0 Å². The first-order valence-corrected chi connectivity index (χ1v) is 26.8. The number of ether oxygens (including phenoxy) is 6. The smallest absolute Gasteiger partial charge is 0.149 e. The fourth-order valence-corrected chi connectivity index (χ4v) is 13.8. The Morgan fingerprint density at radius 1 is 0.795 bits per heavy atom. The maximum absolute atomic E-state index is 13.4. The van der Waals surface area contributed by atoms with Gasteiger partial charge in [-0.1, -0.05) is 42.9 Å². The lowest BCUT2D eigenvalue weighted by Crippen LogP contribution is -2.77. The fourth-order valence-electron chi connectivity index (χ4n) is 13.8. The van der Waals surface area contributed by atoms with Crippen LogP contribution in [-0.2, 0) is 15.9 Å². The van der Waals surface area contributed by atoms with Crippen LogP contribution in [0.4, 0.5) is 0 Å². The van der Waals surface area contributed by atoms with Crippen molar-refractivity contribution in [2.45, 2.75) is 138 Å². The summed E-state index contributed by atoms with van der Waals surface area (Å²) in [5, 5.41) is 66.9. The topological polar surface area (TPSA) is 181 Å². The van der Waals surface area contributed by atoms with E-state index in [1.54, 1.807) is 49.6 Å². The van der Waals surface area contributed by atoms with Crippen LogP contribution < -0.4 is 29.6 Å². The number of nitrogens with one attached hydrogen (secondary N) is 2. The molecule has 384 valence electrons. The van der Waals surface area contributed by atoms with Crippen LogP contribution in [0.25, 0.3) is 21.9 Å². The summed E-state index contributed by atoms with van der Waals surface area (Å²) in [5.74, 6) is 8.53. The molecule has 2 bridgehead atoms. The second kappa shape index (κ2) is 19.9. The molecule has 13 heteroatoms. The molecule has 3 aliphatic carbocycles. The summed E-state index contributed by atoms with van der Waals surface area (Å²) >= 11 is 0. The molecule has 7 aliphatic rings.